The highest BCUT2D eigenvalue weighted by atomic mass is 35.5. The molecule has 0 aromatic heterocycles. The number of rotatable bonds is 5. The fraction of sp³-hybridized carbons (Fsp3) is 0.235. The standard InChI is InChI=1S/C17H17Cl2NO/c1-12(13-7-3-5-9-15(13)18)20(2)11-17(21)14-8-4-6-10-16(14)19/h3-10,12H,11H2,1-2H3. The van der Waals surface area contributed by atoms with E-state index in [2.05, 4.69) is 0 Å². The molecule has 0 spiro atoms. The summed E-state index contributed by atoms with van der Waals surface area (Å²) in [5.41, 5.74) is 1.56. The van der Waals surface area contributed by atoms with Crippen LogP contribution in [0.25, 0.3) is 0 Å². The lowest BCUT2D eigenvalue weighted by Crippen LogP contribution is -2.29. The third-order valence-electron chi connectivity index (χ3n) is 3.58. The third kappa shape index (κ3) is 3.85. The molecule has 0 aliphatic carbocycles. The lowest BCUT2D eigenvalue weighted by Gasteiger charge is -2.25. The van der Waals surface area contributed by atoms with Crippen LogP contribution in [0.1, 0.15) is 28.9 Å². The third-order valence-corrected chi connectivity index (χ3v) is 4.26. The summed E-state index contributed by atoms with van der Waals surface area (Å²) in [5, 5.41) is 1.20. The molecule has 0 aliphatic heterocycles. The van der Waals surface area contributed by atoms with Crippen molar-refractivity contribution >= 4 is 29.0 Å². The van der Waals surface area contributed by atoms with Crippen molar-refractivity contribution in [2.45, 2.75) is 13.0 Å². The Hall–Kier alpha value is -1.35. The van der Waals surface area contributed by atoms with E-state index >= 15 is 0 Å². The molecule has 0 fully saturated rings. The van der Waals surface area contributed by atoms with Crippen LogP contribution in [0.2, 0.25) is 10.0 Å². The number of benzene rings is 2. The molecule has 2 rings (SSSR count). The van der Waals surface area contributed by atoms with Gasteiger partial charge in [0, 0.05) is 16.6 Å². The fourth-order valence-electron chi connectivity index (χ4n) is 2.19. The molecule has 4 heteroatoms. The molecule has 2 aromatic rings. The minimum absolute atomic E-state index is 0.00186. The van der Waals surface area contributed by atoms with Crippen molar-refractivity contribution in [3.63, 3.8) is 0 Å². The Morgan fingerprint density at radius 3 is 2.24 bits per heavy atom. The molecule has 0 saturated heterocycles. The molecule has 2 nitrogen and oxygen atoms in total. The predicted octanol–water partition coefficient (Wildman–Crippen LogP) is 4.87. The second-order valence-corrected chi connectivity index (χ2v) is 5.83. The van der Waals surface area contributed by atoms with E-state index in [-0.39, 0.29) is 18.4 Å². The van der Waals surface area contributed by atoms with Crippen LogP contribution in [0, 0.1) is 0 Å². The SMILES string of the molecule is CC(c1ccccc1Cl)N(C)CC(=O)c1ccccc1Cl. The van der Waals surface area contributed by atoms with E-state index in [1.165, 1.54) is 0 Å². The van der Waals surface area contributed by atoms with Gasteiger partial charge in [0.2, 0.25) is 0 Å². The smallest absolute Gasteiger partial charge is 0.178 e. The molecule has 0 heterocycles. The predicted molar refractivity (Wildman–Crippen MR) is 88.3 cm³/mol. The van der Waals surface area contributed by atoms with E-state index in [0.717, 1.165) is 5.56 Å². The normalized spacial score (nSPS) is 12.4. The zero-order valence-corrected chi connectivity index (χ0v) is 13.5. The molecule has 1 unspecified atom stereocenters. The van der Waals surface area contributed by atoms with Crippen LogP contribution >= 0.6 is 23.2 Å². The summed E-state index contributed by atoms with van der Waals surface area (Å²) in [6.45, 7) is 2.32. The van der Waals surface area contributed by atoms with Gasteiger partial charge in [-0.25, -0.2) is 0 Å². The Morgan fingerprint density at radius 1 is 1.05 bits per heavy atom. The fourth-order valence-corrected chi connectivity index (χ4v) is 2.72. The van der Waals surface area contributed by atoms with E-state index < -0.39 is 0 Å². The number of carbonyl (C=O) groups excluding carboxylic acids is 1. The second-order valence-electron chi connectivity index (χ2n) is 5.02. The highest BCUT2D eigenvalue weighted by Gasteiger charge is 2.18. The van der Waals surface area contributed by atoms with Crippen molar-refractivity contribution in [3.8, 4) is 0 Å². The van der Waals surface area contributed by atoms with Crippen molar-refractivity contribution in [1.29, 1.82) is 0 Å². The van der Waals surface area contributed by atoms with Crippen molar-refractivity contribution in [2.24, 2.45) is 0 Å². The van der Waals surface area contributed by atoms with Crippen LogP contribution in [-0.4, -0.2) is 24.3 Å². The zero-order chi connectivity index (χ0) is 15.4. The Morgan fingerprint density at radius 2 is 1.62 bits per heavy atom. The van der Waals surface area contributed by atoms with E-state index in [1.807, 2.05) is 55.3 Å². The Kier molecular flexibility index (Phi) is 5.40. The Labute approximate surface area is 135 Å². The molecule has 1 atom stereocenters. The summed E-state index contributed by atoms with van der Waals surface area (Å²) >= 11 is 12.3. The first kappa shape index (κ1) is 16.0. The molecule has 0 N–H and O–H groups in total. The van der Waals surface area contributed by atoms with Crippen molar-refractivity contribution in [3.05, 3.63) is 69.7 Å². The number of halogens is 2. The van der Waals surface area contributed by atoms with Crippen LogP contribution < -0.4 is 0 Å². The van der Waals surface area contributed by atoms with Gasteiger partial charge in [-0.2, -0.15) is 0 Å². The summed E-state index contributed by atoms with van der Waals surface area (Å²) < 4.78 is 0. The molecule has 21 heavy (non-hydrogen) atoms. The number of ketones is 1. The van der Waals surface area contributed by atoms with Crippen LogP contribution in [0.15, 0.2) is 48.5 Å². The van der Waals surface area contributed by atoms with E-state index in [0.29, 0.717) is 15.6 Å². The summed E-state index contributed by atoms with van der Waals surface area (Å²) in [5.74, 6) is 0.00186. The van der Waals surface area contributed by atoms with Gasteiger partial charge in [-0.05, 0) is 37.7 Å². The maximum absolute atomic E-state index is 12.3. The van der Waals surface area contributed by atoms with Gasteiger partial charge in [0.25, 0.3) is 0 Å². The second kappa shape index (κ2) is 7.08. The molecule has 0 saturated carbocycles. The van der Waals surface area contributed by atoms with Gasteiger partial charge in [0.15, 0.2) is 5.78 Å². The van der Waals surface area contributed by atoms with Crippen molar-refractivity contribution in [1.82, 2.24) is 4.90 Å². The van der Waals surface area contributed by atoms with Gasteiger partial charge in [-0.15, -0.1) is 0 Å². The molecular formula is C17H17Cl2NO. The van der Waals surface area contributed by atoms with Crippen LogP contribution in [0.3, 0.4) is 0 Å². The van der Waals surface area contributed by atoms with Gasteiger partial charge < -0.3 is 0 Å². The highest BCUT2D eigenvalue weighted by molar-refractivity contribution is 6.34. The lowest BCUT2D eigenvalue weighted by molar-refractivity contribution is 0.0925. The number of likely N-dealkylation sites (N-methyl/N-ethyl adjacent to an activating group) is 1. The topological polar surface area (TPSA) is 20.3 Å². The van der Waals surface area contributed by atoms with Crippen LogP contribution in [0.4, 0.5) is 0 Å². The minimum atomic E-state index is 0.00186. The average Bonchev–Trinajstić information content (AvgIpc) is 2.47. The largest absolute Gasteiger partial charge is 0.293 e. The first-order valence-electron chi connectivity index (χ1n) is 6.73. The van der Waals surface area contributed by atoms with Crippen molar-refractivity contribution in [2.75, 3.05) is 13.6 Å². The molecule has 0 bridgehead atoms. The minimum Gasteiger partial charge on any atom is -0.293 e. The number of hydrogen-bond acceptors (Lipinski definition) is 2. The van der Waals surface area contributed by atoms with Gasteiger partial charge >= 0.3 is 0 Å². The Balaban J connectivity index is 2.11. The summed E-state index contributed by atoms with van der Waals surface area (Å²) in [6.07, 6.45) is 0. The molecular weight excluding hydrogens is 305 g/mol. The lowest BCUT2D eigenvalue weighted by atomic mass is 10.1. The number of carbonyl (C=O) groups is 1. The van der Waals surface area contributed by atoms with E-state index in [1.54, 1.807) is 12.1 Å². The maximum atomic E-state index is 12.3. The Bertz CT molecular complexity index is 642. The quantitative estimate of drug-likeness (QED) is 0.732. The molecule has 0 aliphatic rings. The van der Waals surface area contributed by atoms with E-state index in [9.17, 15) is 4.79 Å². The first-order chi connectivity index (χ1) is 10.0. The summed E-state index contributed by atoms with van der Waals surface area (Å²) in [4.78, 5) is 14.3. The molecule has 0 amide bonds. The van der Waals surface area contributed by atoms with Crippen LogP contribution in [-0.2, 0) is 0 Å². The van der Waals surface area contributed by atoms with Crippen LogP contribution in [0.5, 0.6) is 0 Å². The number of nitrogens with zero attached hydrogens (tertiary/aromatic N) is 1. The van der Waals surface area contributed by atoms with Gasteiger partial charge in [0.1, 0.15) is 0 Å². The van der Waals surface area contributed by atoms with E-state index in [4.69, 9.17) is 23.2 Å². The highest BCUT2D eigenvalue weighted by Crippen LogP contribution is 2.26. The average molecular weight is 322 g/mol. The first-order valence-corrected chi connectivity index (χ1v) is 7.48. The molecule has 0 radical (unpaired) electrons. The summed E-state index contributed by atoms with van der Waals surface area (Å²) in [7, 11) is 1.91. The number of Topliss-reactive ketones (excluding diaryl/α,β-unsaturated/α-hetero) is 1. The van der Waals surface area contributed by atoms with Gasteiger partial charge in [0.05, 0.1) is 11.6 Å². The maximum Gasteiger partial charge on any atom is 0.178 e. The van der Waals surface area contributed by atoms with Crippen molar-refractivity contribution < 1.29 is 4.79 Å². The van der Waals surface area contributed by atoms with Gasteiger partial charge in [-0.1, -0.05) is 53.5 Å². The van der Waals surface area contributed by atoms with Gasteiger partial charge in [-0.3, -0.25) is 9.69 Å². The molecule has 2 aromatic carbocycles. The summed E-state index contributed by atoms with van der Waals surface area (Å²) in [6, 6.07) is 14.8. The number of hydrogen-bond donors (Lipinski definition) is 0. The zero-order valence-electron chi connectivity index (χ0n) is 12.0. The molecule has 110 valence electrons. The monoisotopic (exact) mass is 321 g/mol.